The lowest BCUT2D eigenvalue weighted by atomic mass is 9.90. The molecule has 1 aromatic heterocycles. The molecule has 0 N–H and O–H groups in total. The minimum Gasteiger partial charge on any atom is -0.338 e. The number of piperidine rings is 1. The number of hydrogen-bond acceptors (Lipinski definition) is 3. The number of pyridine rings is 1. The number of amides is 1. The second-order valence-corrected chi connectivity index (χ2v) is 10.1. The van der Waals surface area contributed by atoms with Crippen molar-refractivity contribution in [2.24, 2.45) is 5.92 Å². The van der Waals surface area contributed by atoms with E-state index in [2.05, 4.69) is 51.2 Å². The Labute approximate surface area is 200 Å². The molecule has 2 aliphatic rings. The molecule has 4 nitrogen and oxygen atoms in total. The van der Waals surface area contributed by atoms with Gasteiger partial charge in [0.1, 0.15) is 0 Å². The third-order valence-electron chi connectivity index (χ3n) is 7.52. The molecule has 33 heavy (non-hydrogen) atoms. The number of nitrogens with zero attached hydrogens (tertiary/aromatic N) is 3. The average molecular weight is 448 g/mol. The molecule has 1 aliphatic heterocycles. The quantitative estimate of drug-likeness (QED) is 0.428. The number of carbonyl (C=O) groups is 1. The van der Waals surface area contributed by atoms with Crippen LogP contribution in [0, 0.1) is 5.92 Å². The summed E-state index contributed by atoms with van der Waals surface area (Å²) in [5.41, 5.74) is 2.50. The van der Waals surface area contributed by atoms with Gasteiger partial charge in [-0.15, -0.1) is 0 Å². The fourth-order valence-corrected chi connectivity index (χ4v) is 5.71. The number of unbranched alkanes of at least 4 members (excludes halogenated alkanes) is 1. The van der Waals surface area contributed by atoms with Crippen LogP contribution in [0.3, 0.4) is 0 Å². The van der Waals surface area contributed by atoms with Gasteiger partial charge in [0.2, 0.25) is 5.91 Å². The molecular formula is C29H41N3O. The van der Waals surface area contributed by atoms with E-state index in [9.17, 15) is 4.79 Å². The summed E-state index contributed by atoms with van der Waals surface area (Å²) in [6.07, 6.45) is 16.9. The van der Waals surface area contributed by atoms with Gasteiger partial charge in [-0.05, 0) is 74.6 Å². The van der Waals surface area contributed by atoms with E-state index in [1.54, 1.807) is 0 Å². The largest absolute Gasteiger partial charge is 0.338 e. The fourth-order valence-electron chi connectivity index (χ4n) is 5.71. The molecule has 0 bridgehead atoms. The molecule has 1 atom stereocenters. The second-order valence-electron chi connectivity index (χ2n) is 10.1. The topological polar surface area (TPSA) is 36.4 Å². The normalized spacial score (nSPS) is 19.9. The predicted molar refractivity (Wildman–Crippen MR) is 135 cm³/mol. The standard InChI is InChI=1S/C29H41N3O/c33-29(18-8-7-13-25-11-3-1-4-12-25)32(22-26-14-9-19-30-21-26)24-27-15-10-20-31(23-27)28-16-5-2-6-17-28/h1,3-4,9,11-12,14,19,21,27-28H,2,5-8,10,13,15-18,20,22-24H2/t27-/m1/s1. The van der Waals surface area contributed by atoms with Crippen LogP contribution < -0.4 is 0 Å². The van der Waals surface area contributed by atoms with Gasteiger partial charge in [-0.1, -0.05) is 55.7 Å². The van der Waals surface area contributed by atoms with Crippen LogP contribution in [0.5, 0.6) is 0 Å². The van der Waals surface area contributed by atoms with Crippen molar-refractivity contribution in [3.8, 4) is 0 Å². The van der Waals surface area contributed by atoms with Gasteiger partial charge in [-0.3, -0.25) is 9.78 Å². The average Bonchev–Trinajstić information content (AvgIpc) is 2.88. The molecule has 0 unspecified atom stereocenters. The van der Waals surface area contributed by atoms with Crippen LogP contribution in [0.15, 0.2) is 54.9 Å². The number of benzene rings is 1. The Morgan fingerprint density at radius 1 is 0.939 bits per heavy atom. The molecule has 178 valence electrons. The summed E-state index contributed by atoms with van der Waals surface area (Å²) in [5.74, 6) is 0.896. The van der Waals surface area contributed by atoms with Crippen molar-refractivity contribution in [3.05, 3.63) is 66.0 Å². The Morgan fingerprint density at radius 3 is 2.55 bits per heavy atom. The van der Waals surface area contributed by atoms with Gasteiger partial charge in [-0.25, -0.2) is 0 Å². The third-order valence-corrected chi connectivity index (χ3v) is 7.52. The number of likely N-dealkylation sites (tertiary alicyclic amines) is 1. The van der Waals surface area contributed by atoms with E-state index in [-0.39, 0.29) is 0 Å². The summed E-state index contributed by atoms with van der Waals surface area (Å²) in [6.45, 7) is 3.98. The summed E-state index contributed by atoms with van der Waals surface area (Å²) >= 11 is 0. The van der Waals surface area contributed by atoms with Crippen molar-refractivity contribution >= 4 is 5.91 Å². The minimum absolute atomic E-state index is 0.307. The van der Waals surface area contributed by atoms with Crippen molar-refractivity contribution in [2.75, 3.05) is 19.6 Å². The minimum atomic E-state index is 0.307. The van der Waals surface area contributed by atoms with Gasteiger partial charge < -0.3 is 9.80 Å². The lowest BCUT2D eigenvalue weighted by Gasteiger charge is -2.41. The van der Waals surface area contributed by atoms with Crippen LogP contribution in [-0.2, 0) is 17.8 Å². The monoisotopic (exact) mass is 447 g/mol. The van der Waals surface area contributed by atoms with Crippen LogP contribution in [-0.4, -0.2) is 46.4 Å². The van der Waals surface area contributed by atoms with Gasteiger partial charge in [-0.2, -0.15) is 0 Å². The molecule has 1 amide bonds. The molecule has 1 saturated carbocycles. The first-order chi connectivity index (χ1) is 16.3. The zero-order valence-electron chi connectivity index (χ0n) is 20.2. The highest BCUT2D eigenvalue weighted by Crippen LogP contribution is 2.28. The van der Waals surface area contributed by atoms with Crippen LogP contribution in [0.25, 0.3) is 0 Å². The second kappa shape index (κ2) is 12.9. The Bertz CT molecular complexity index is 819. The van der Waals surface area contributed by atoms with E-state index >= 15 is 0 Å². The molecule has 0 spiro atoms. The van der Waals surface area contributed by atoms with E-state index in [0.717, 1.165) is 44.0 Å². The molecule has 1 saturated heterocycles. The lowest BCUT2D eigenvalue weighted by molar-refractivity contribution is -0.133. The van der Waals surface area contributed by atoms with Gasteiger partial charge >= 0.3 is 0 Å². The molecule has 2 aromatic rings. The summed E-state index contributed by atoms with van der Waals surface area (Å²) in [5, 5.41) is 0. The van der Waals surface area contributed by atoms with Crippen molar-refractivity contribution in [3.63, 3.8) is 0 Å². The van der Waals surface area contributed by atoms with E-state index < -0.39 is 0 Å². The molecule has 1 aromatic carbocycles. The van der Waals surface area contributed by atoms with Crippen LogP contribution in [0.4, 0.5) is 0 Å². The van der Waals surface area contributed by atoms with Gasteiger partial charge in [0.05, 0.1) is 0 Å². The Morgan fingerprint density at radius 2 is 1.76 bits per heavy atom. The van der Waals surface area contributed by atoms with E-state index in [4.69, 9.17) is 0 Å². The Balaban J connectivity index is 1.32. The molecule has 2 heterocycles. The maximum Gasteiger partial charge on any atom is 0.222 e. The van der Waals surface area contributed by atoms with Gasteiger partial charge in [0, 0.05) is 44.5 Å². The van der Waals surface area contributed by atoms with Crippen molar-refractivity contribution in [1.82, 2.24) is 14.8 Å². The van der Waals surface area contributed by atoms with E-state index in [1.165, 1.54) is 57.1 Å². The van der Waals surface area contributed by atoms with E-state index in [0.29, 0.717) is 24.8 Å². The molecule has 0 radical (unpaired) electrons. The van der Waals surface area contributed by atoms with Crippen molar-refractivity contribution in [1.29, 1.82) is 0 Å². The zero-order valence-corrected chi connectivity index (χ0v) is 20.2. The smallest absolute Gasteiger partial charge is 0.222 e. The summed E-state index contributed by atoms with van der Waals surface area (Å²) < 4.78 is 0. The first-order valence-corrected chi connectivity index (χ1v) is 13.2. The van der Waals surface area contributed by atoms with Crippen molar-refractivity contribution in [2.45, 2.75) is 83.2 Å². The van der Waals surface area contributed by atoms with Crippen LogP contribution in [0.1, 0.15) is 75.3 Å². The van der Waals surface area contributed by atoms with Crippen LogP contribution in [0.2, 0.25) is 0 Å². The summed E-state index contributed by atoms with van der Waals surface area (Å²) in [4.78, 5) is 22.5. The van der Waals surface area contributed by atoms with Crippen molar-refractivity contribution < 1.29 is 4.79 Å². The first kappa shape index (κ1) is 23.9. The highest BCUT2D eigenvalue weighted by Gasteiger charge is 2.29. The molecular weight excluding hydrogens is 406 g/mol. The maximum atomic E-state index is 13.3. The number of hydrogen-bond donors (Lipinski definition) is 0. The predicted octanol–water partition coefficient (Wildman–Crippen LogP) is 5.87. The molecule has 4 heteroatoms. The molecule has 1 aliphatic carbocycles. The Kier molecular flexibility index (Phi) is 9.35. The fraction of sp³-hybridized carbons (Fsp3) is 0.586. The number of aryl methyl sites for hydroxylation is 1. The van der Waals surface area contributed by atoms with Gasteiger partial charge in [0.15, 0.2) is 0 Å². The van der Waals surface area contributed by atoms with E-state index in [1.807, 2.05) is 18.5 Å². The molecule has 2 fully saturated rings. The highest BCUT2D eigenvalue weighted by molar-refractivity contribution is 5.76. The van der Waals surface area contributed by atoms with Gasteiger partial charge in [0.25, 0.3) is 0 Å². The highest BCUT2D eigenvalue weighted by atomic mass is 16.2. The number of aromatic nitrogens is 1. The zero-order chi connectivity index (χ0) is 22.7. The lowest BCUT2D eigenvalue weighted by Crippen LogP contribution is -2.47. The Hall–Kier alpha value is -2.20. The number of rotatable bonds is 10. The number of carbonyl (C=O) groups excluding carboxylic acids is 1. The summed E-state index contributed by atoms with van der Waals surface area (Å²) in [7, 11) is 0. The SMILES string of the molecule is O=C(CCCCc1ccccc1)N(Cc1cccnc1)C[C@@H]1CCCN(C2CCCCC2)C1. The maximum absolute atomic E-state index is 13.3. The summed E-state index contributed by atoms with van der Waals surface area (Å²) in [6, 6.07) is 15.5. The molecule has 4 rings (SSSR count). The third kappa shape index (κ3) is 7.67. The first-order valence-electron chi connectivity index (χ1n) is 13.2. The van der Waals surface area contributed by atoms with Crippen LogP contribution >= 0.6 is 0 Å².